The second-order valence-corrected chi connectivity index (χ2v) is 6.87. The van der Waals surface area contributed by atoms with Gasteiger partial charge >= 0.3 is 6.03 Å². The zero-order chi connectivity index (χ0) is 19.2. The van der Waals surface area contributed by atoms with Gasteiger partial charge in [-0.25, -0.2) is 4.79 Å². The van der Waals surface area contributed by atoms with Gasteiger partial charge in [-0.1, -0.05) is 23.7 Å². The Morgan fingerprint density at radius 1 is 1.22 bits per heavy atom. The molecular formula is C20H22ClN3O3. The van der Waals surface area contributed by atoms with E-state index >= 15 is 0 Å². The predicted molar refractivity (Wildman–Crippen MR) is 105 cm³/mol. The van der Waals surface area contributed by atoms with Crippen molar-refractivity contribution in [2.75, 3.05) is 25.1 Å². The molecule has 1 heterocycles. The molecule has 0 radical (unpaired) electrons. The van der Waals surface area contributed by atoms with Gasteiger partial charge in [0, 0.05) is 29.4 Å². The van der Waals surface area contributed by atoms with Crippen LogP contribution in [0.25, 0.3) is 0 Å². The standard InChI is InChI=1S/C20H22ClN3O3/c1-14-13-27-10-9-24(14)19(25)16-5-7-18(8-6-16)23-20(26)22-12-15-3-2-4-17(21)11-15/h2-8,11,14H,9-10,12-13H2,1H3,(H2,22,23,26). The van der Waals surface area contributed by atoms with Crippen LogP contribution in [0.2, 0.25) is 5.02 Å². The second-order valence-electron chi connectivity index (χ2n) is 6.44. The number of carbonyl (C=O) groups is 2. The first-order chi connectivity index (χ1) is 13.0. The summed E-state index contributed by atoms with van der Waals surface area (Å²) in [4.78, 5) is 26.4. The Hall–Kier alpha value is -2.57. The summed E-state index contributed by atoms with van der Waals surface area (Å²) < 4.78 is 5.37. The molecule has 3 amide bonds. The molecule has 1 aliphatic rings. The largest absolute Gasteiger partial charge is 0.377 e. The lowest BCUT2D eigenvalue weighted by molar-refractivity contribution is 0.00359. The molecule has 6 nitrogen and oxygen atoms in total. The van der Waals surface area contributed by atoms with Gasteiger partial charge in [-0.2, -0.15) is 0 Å². The van der Waals surface area contributed by atoms with Gasteiger partial charge in [0.25, 0.3) is 5.91 Å². The Balaban J connectivity index is 1.54. The lowest BCUT2D eigenvalue weighted by atomic mass is 10.1. The highest BCUT2D eigenvalue weighted by Crippen LogP contribution is 2.15. The molecule has 1 unspecified atom stereocenters. The number of carbonyl (C=O) groups excluding carboxylic acids is 2. The molecule has 1 atom stereocenters. The Morgan fingerprint density at radius 2 is 2.00 bits per heavy atom. The van der Waals surface area contributed by atoms with Crippen molar-refractivity contribution in [3.8, 4) is 0 Å². The minimum Gasteiger partial charge on any atom is -0.377 e. The highest BCUT2D eigenvalue weighted by molar-refractivity contribution is 6.30. The second kappa shape index (κ2) is 8.88. The molecule has 0 aliphatic carbocycles. The maximum absolute atomic E-state index is 12.6. The molecule has 142 valence electrons. The van der Waals surface area contributed by atoms with Crippen LogP contribution in [0.1, 0.15) is 22.8 Å². The first-order valence-corrected chi connectivity index (χ1v) is 9.19. The van der Waals surface area contributed by atoms with E-state index in [1.165, 1.54) is 0 Å². The number of hydrogen-bond donors (Lipinski definition) is 2. The van der Waals surface area contributed by atoms with E-state index in [0.717, 1.165) is 5.56 Å². The Morgan fingerprint density at radius 3 is 2.70 bits per heavy atom. The average Bonchev–Trinajstić information content (AvgIpc) is 2.67. The van der Waals surface area contributed by atoms with Crippen LogP contribution >= 0.6 is 11.6 Å². The van der Waals surface area contributed by atoms with Crippen LogP contribution in [-0.2, 0) is 11.3 Å². The van der Waals surface area contributed by atoms with Crippen LogP contribution in [0.4, 0.5) is 10.5 Å². The maximum Gasteiger partial charge on any atom is 0.319 e. The number of anilines is 1. The van der Waals surface area contributed by atoms with Crippen LogP contribution in [0.15, 0.2) is 48.5 Å². The number of urea groups is 1. The molecule has 2 aromatic rings. The molecule has 1 aliphatic heterocycles. The Bertz CT molecular complexity index is 810. The summed E-state index contributed by atoms with van der Waals surface area (Å²) in [5.41, 5.74) is 2.12. The molecule has 27 heavy (non-hydrogen) atoms. The van der Waals surface area contributed by atoms with E-state index in [1.54, 1.807) is 36.4 Å². The third-order valence-electron chi connectivity index (χ3n) is 4.36. The van der Waals surface area contributed by atoms with E-state index in [1.807, 2.05) is 24.0 Å². The summed E-state index contributed by atoms with van der Waals surface area (Å²) in [5, 5.41) is 6.15. The van der Waals surface area contributed by atoms with Crippen molar-refractivity contribution in [3.63, 3.8) is 0 Å². The summed E-state index contributed by atoms with van der Waals surface area (Å²) >= 11 is 5.93. The molecule has 1 fully saturated rings. The predicted octanol–water partition coefficient (Wildman–Crippen LogP) is 3.52. The van der Waals surface area contributed by atoms with Gasteiger partial charge in [0.05, 0.1) is 19.3 Å². The van der Waals surface area contributed by atoms with Gasteiger partial charge in [-0.05, 0) is 48.9 Å². The van der Waals surface area contributed by atoms with Crippen LogP contribution in [0.3, 0.4) is 0 Å². The number of nitrogens with zero attached hydrogens (tertiary/aromatic N) is 1. The number of morpholine rings is 1. The first-order valence-electron chi connectivity index (χ1n) is 8.81. The van der Waals surface area contributed by atoms with E-state index in [0.29, 0.717) is 42.6 Å². The fourth-order valence-electron chi connectivity index (χ4n) is 2.90. The number of amides is 3. The molecule has 2 aromatic carbocycles. The van der Waals surface area contributed by atoms with Crippen molar-refractivity contribution in [2.24, 2.45) is 0 Å². The molecule has 0 spiro atoms. The van der Waals surface area contributed by atoms with E-state index in [2.05, 4.69) is 10.6 Å². The van der Waals surface area contributed by atoms with Crippen LogP contribution in [0, 0.1) is 0 Å². The summed E-state index contributed by atoms with van der Waals surface area (Å²) in [5.74, 6) is -0.0252. The monoisotopic (exact) mass is 387 g/mol. The number of ether oxygens (including phenoxy) is 1. The summed E-state index contributed by atoms with van der Waals surface area (Å²) in [6.07, 6.45) is 0. The van der Waals surface area contributed by atoms with Crippen molar-refractivity contribution >= 4 is 29.2 Å². The number of nitrogens with one attached hydrogen (secondary N) is 2. The number of halogens is 1. The topological polar surface area (TPSA) is 70.7 Å². The van der Waals surface area contributed by atoms with Crippen molar-refractivity contribution in [1.82, 2.24) is 10.2 Å². The molecule has 1 saturated heterocycles. The van der Waals surface area contributed by atoms with Crippen LogP contribution in [-0.4, -0.2) is 42.6 Å². The molecule has 7 heteroatoms. The van der Waals surface area contributed by atoms with Crippen LogP contribution < -0.4 is 10.6 Å². The summed E-state index contributed by atoms with van der Waals surface area (Å²) in [6.45, 7) is 4.04. The van der Waals surface area contributed by atoms with Crippen molar-refractivity contribution in [3.05, 3.63) is 64.7 Å². The summed E-state index contributed by atoms with van der Waals surface area (Å²) in [7, 11) is 0. The first kappa shape index (κ1) is 19.2. The minimum atomic E-state index is -0.323. The highest BCUT2D eigenvalue weighted by Gasteiger charge is 2.24. The van der Waals surface area contributed by atoms with Gasteiger partial charge in [0.1, 0.15) is 0 Å². The average molecular weight is 388 g/mol. The lowest BCUT2D eigenvalue weighted by Gasteiger charge is -2.33. The molecule has 2 N–H and O–H groups in total. The van der Waals surface area contributed by atoms with Gasteiger partial charge in [-0.3, -0.25) is 4.79 Å². The smallest absolute Gasteiger partial charge is 0.319 e. The SMILES string of the molecule is CC1COCCN1C(=O)c1ccc(NC(=O)NCc2cccc(Cl)c2)cc1. The zero-order valence-corrected chi connectivity index (χ0v) is 15.8. The minimum absolute atomic E-state index is 0.0252. The molecule has 0 aromatic heterocycles. The normalized spacial score (nSPS) is 16.7. The fourth-order valence-corrected chi connectivity index (χ4v) is 3.11. The molecule has 0 bridgehead atoms. The maximum atomic E-state index is 12.6. The number of rotatable bonds is 4. The van der Waals surface area contributed by atoms with Crippen LogP contribution in [0.5, 0.6) is 0 Å². The van der Waals surface area contributed by atoms with Crippen molar-refractivity contribution < 1.29 is 14.3 Å². The van der Waals surface area contributed by atoms with Gasteiger partial charge in [0.15, 0.2) is 0 Å². The van der Waals surface area contributed by atoms with Gasteiger partial charge in [0.2, 0.25) is 0 Å². The lowest BCUT2D eigenvalue weighted by Crippen LogP contribution is -2.47. The number of benzene rings is 2. The van der Waals surface area contributed by atoms with E-state index in [-0.39, 0.29) is 18.0 Å². The molecular weight excluding hydrogens is 366 g/mol. The molecule has 3 rings (SSSR count). The van der Waals surface area contributed by atoms with Gasteiger partial charge in [-0.15, -0.1) is 0 Å². The Labute approximate surface area is 163 Å². The zero-order valence-electron chi connectivity index (χ0n) is 15.1. The third kappa shape index (κ3) is 5.21. The Kier molecular flexibility index (Phi) is 6.32. The van der Waals surface area contributed by atoms with Crippen molar-refractivity contribution in [1.29, 1.82) is 0 Å². The third-order valence-corrected chi connectivity index (χ3v) is 4.60. The highest BCUT2D eigenvalue weighted by atomic mass is 35.5. The molecule has 0 saturated carbocycles. The van der Waals surface area contributed by atoms with Crippen molar-refractivity contribution in [2.45, 2.75) is 19.5 Å². The van der Waals surface area contributed by atoms with E-state index < -0.39 is 0 Å². The summed E-state index contributed by atoms with van der Waals surface area (Å²) in [6, 6.07) is 13.9. The fraction of sp³-hybridized carbons (Fsp3) is 0.300. The van der Waals surface area contributed by atoms with E-state index in [4.69, 9.17) is 16.3 Å². The van der Waals surface area contributed by atoms with E-state index in [9.17, 15) is 9.59 Å². The quantitative estimate of drug-likeness (QED) is 0.843. The number of hydrogen-bond acceptors (Lipinski definition) is 3. The van der Waals surface area contributed by atoms with Gasteiger partial charge < -0.3 is 20.3 Å².